The standard InChI is InChI=1S/C10H9NO3/c12-10(6-7-11-13)14-8-9-4-2-1-3-5-9/h1-7H,8H2. The molecule has 4 heteroatoms. The van der Waals surface area contributed by atoms with Crippen LogP contribution in [0.3, 0.4) is 0 Å². The minimum atomic E-state index is -0.576. The fourth-order valence-corrected chi connectivity index (χ4v) is 0.868. The highest BCUT2D eigenvalue weighted by atomic mass is 16.5. The SMILES string of the molecule is O=NC=CC(=O)OCc1ccccc1. The molecule has 14 heavy (non-hydrogen) atoms. The van der Waals surface area contributed by atoms with Crippen LogP contribution >= 0.6 is 0 Å². The lowest BCUT2D eigenvalue weighted by atomic mass is 10.2. The highest BCUT2D eigenvalue weighted by Gasteiger charge is 1.97. The van der Waals surface area contributed by atoms with Crippen LogP contribution in [0.15, 0.2) is 47.8 Å². The van der Waals surface area contributed by atoms with Gasteiger partial charge in [0, 0.05) is 6.08 Å². The van der Waals surface area contributed by atoms with Crippen molar-refractivity contribution in [2.45, 2.75) is 6.61 Å². The lowest BCUT2D eigenvalue weighted by Crippen LogP contribution is -2.00. The van der Waals surface area contributed by atoms with E-state index in [1.54, 1.807) is 0 Å². The van der Waals surface area contributed by atoms with Crippen LogP contribution in [0.5, 0.6) is 0 Å². The zero-order valence-electron chi connectivity index (χ0n) is 7.42. The zero-order chi connectivity index (χ0) is 10.2. The minimum Gasteiger partial charge on any atom is -0.458 e. The largest absolute Gasteiger partial charge is 0.458 e. The minimum absolute atomic E-state index is 0.197. The van der Waals surface area contributed by atoms with Crippen molar-refractivity contribution in [2.75, 3.05) is 0 Å². The average Bonchev–Trinajstić information content (AvgIpc) is 2.25. The molecule has 0 radical (unpaired) electrons. The van der Waals surface area contributed by atoms with E-state index in [2.05, 4.69) is 5.18 Å². The zero-order valence-corrected chi connectivity index (χ0v) is 7.42. The van der Waals surface area contributed by atoms with E-state index in [9.17, 15) is 9.70 Å². The second-order valence-corrected chi connectivity index (χ2v) is 2.51. The third-order valence-electron chi connectivity index (χ3n) is 1.50. The first kappa shape index (κ1) is 10.1. The molecule has 4 nitrogen and oxygen atoms in total. The van der Waals surface area contributed by atoms with Crippen molar-refractivity contribution in [3.63, 3.8) is 0 Å². The van der Waals surface area contributed by atoms with E-state index in [1.165, 1.54) is 0 Å². The van der Waals surface area contributed by atoms with Gasteiger partial charge in [-0.2, -0.15) is 0 Å². The molecule has 0 aliphatic carbocycles. The van der Waals surface area contributed by atoms with E-state index >= 15 is 0 Å². The molecule has 0 bridgehead atoms. The molecule has 0 saturated carbocycles. The summed E-state index contributed by atoms with van der Waals surface area (Å²) in [6.07, 6.45) is 1.84. The number of ether oxygens (including phenoxy) is 1. The monoisotopic (exact) mass is 191 g/mol. The number of rotatable bonds is 4. The van der Waals surface area contributed by atoms with Gasteiger partial charge in [-0.3, -0.25) is 0 Å². The summed E-state index contributed by atoms with van der Waals surface area (Å²) in [5.41, 5.74) is 0.897. The number of hydrogen-bond acceptors (Lipinski definition) is 4. The molecule has 0 aliphatic rings. The van der Waals surface area contributed by atoms with Crippen molar-refractivity contribution < 1.29 is 9.53 Å². The van der Waals surface area contributed by atoms with Gasteiger partial charge >= 0.3 is 5.97 Å². The molecule has 0 spiro atoms. The number of nitroso groups, excluding NO2 is 1. The summed E-state index contributed by atoms with van der Waals surface area (Å²) in [6.45, 7) is 0.197. The number of benzene rings is 1. The van der Waals surface area contributed by atoms with E-state index in [1.807, 2.05) is 30.3 Å². The smallest absolute Gasteiger partial charge is 0.332 e. The first-order valence-corrected chi connectivity index (χ1v) is 4.02. The summed E-state index contributed by atoms with van der Waals surface area (Å²) in [5.74, 6) is -0.576. The van der Waals surface area contributed by atoms with Crippen LogP contribution in [-0.2, 0) is 16.1 Å². The molecule has 1 aromatic rings. The van der Waals surface area contributed by atoms with Gasteiger partial charge in [-0.1, -0.05) is 30.3 Å². The quantitative estimate of drug-likeness (QED) is 0.415. The van der Waals surface area contributed by atoms with Gasteiger partial charge in [-0.05, 0) is 10.7 Å². The fourth-order valence-electron chi connectivity index (χ4n) is 0.868. The molecule has 0 saturated heterocycles. The molecule has 0 amide bonds. The number of carbonyl (C=O) groups excluding carboxylic acids is 1. The van der Waals surface area contributed by atoms with Crippen LogP contribution in [-0.4, -0.2) is 5.97 Å². The summed E-state index contributed by atoms with van der Waals surface area (Å²) in [6, 6.07) is 9.27. The van der Waals surface area contributed by atoms with Crippen molar-refractivity contribution in [2.24, 2.45) is 5.18 Å². The number of esters is 1. The topological polar surface area (TPSA) is 55.7 Å². The third kappa shape index (κ3) is 3.62. The second-order valence-electron chi connectivity index (χ2n) is 2.51. The Hall–Kier alpha value is -1.97. The Balaban J connectivity index is 2.38. The van der Waals surface area contributed by atoms with Crippen molar-refractivity contribution in [3.8, 4) is 0 Å². The Bertz CT molecular complexity index is 332. The van der Waals surface area contributed by atoms with Gasteiger partial charge in [0.15, 0.2) is 0 Å². The van der Waals surface area contributed by atoms with Gasteiger partial charge in [0.1, 0.15) is 6.61 Å². The van der Waals surface area contributed by atoms with Crippen LogP contribution in [0.2, 0.25) is 0 Å². The molecule has 72 valence electrons. The van der Waals surface area contributed by atoms with Gasteiger partial charge in [-0.25, -0.2) is 4.79 Å². The lowest BCUT2D eigenvalue weighted by molar-refractivity contribution is -0.139. The van der Waals surface area contributed by atoms with Gasteiger partial charge in [0.2, 0.25) is 0 Å². The summed E-state index contributed by atoms with van der Waals surface area (Å²) in [4.78, 5) is 20.5. The molecular formula is C10H9NO3. The summed E-state index contributed by atoms with van der Waals surface area (Å²) >= 11 is 0. The maximum Gasteiger partial charge on any atom is 0.332 e. The second kappa shape index (κ2) is 5.64. The van der Waals surface area contributed by atoms with Gasteiger partial charge < -0.3 is 4.74 Å². The first-order chi connectivity index (χ1) is 6.83. The Kier molecular flexibility index (Phi) is 4.07. The number of carbonyl (C=O) groups is 1. The van der Waals surface area contributed by atoms with E-state index in [4.69, 9.17) is 4.74 Å². The predicted molar refractivity (Wildman–Crippen MR) is 51.2 cm³/mol. The van der Waals surface area contributed by atoms with Crippen LogP contribution in [0.25, 0.3) is 0 Å². The van der Waals surface area contributed by atoms with Gasteiger partial charge in [0.05, 0.1) is 6.20 Å². The molecule has 1 rings (SSSR count). The van der Waals surface area contributed by atoms with Crippen LogP contribution in [0.1, 0.15) is 5.56 Å². The molecule has 0 fully saturated rings. The Labute approximate surface area is 81.2 Å². The average molecular weight is 191 g/mol. The number of hydrogen-bond donors (Lipinski definition) is 0. The Morgan fingerprint density at radius 3 is 2.71 bits per heavy atom. The van der Waals surface area contributed by atoms with Crippen molar-refractivity contribution in [1.82, 2.24) is 0 Å². The molecule has 0 heterocycles. The molecule has 1 aromatic carbocycles. The van der Waals surface area contributed by atoms with Crippen molar-refractivity contribution >= 4 is 5.97 Å². The molecule has 0 N–H and O–H groups in total. The van der Waals surface area contributed by atoms with Gasteiger partial charge in [0.25, 0.3) is 0 Å². The summed E-state index contributed by atoms with van der Waals surface area (Å²) in [5, 5.41) is 2.40. The maximum absolute atomic E-state index is 10.9. The van der Waals surface area contributed by atoms with Gasteiger partial charge in [-0.15, -0.1) is 4.91 Å². The van der Waals surface area contributed by atoms with E-state index in [0.717, 1.165) is 17.8 Å². The summed E-state index contributed by atoms with van der Waals surface area (Å²) in [7, 11) is 0. The normalized spacial score (nSPS) is 10.0. The van der Waals surface area contributed by atoms with E-state index < -0.39 is 5.97 Å². The highest BCUT2D eigenvalue weighted by molar-refractivity contribution is 5.81. The first-order valence-electron chi connectivity index (χ1n) is 4.02. The van der Waals surface area contributed by atoms with Crippen LogP contribution in [0, 0.1) is 4.91 Å². The summed E-state index contributed by atoms with van der Waals surface area (Å²) < 4.78 is 4.81. The molecule has 0 aromatic heterocycles. The van der Waals surface area contributed by atoms with Crippen molar-refractivity contribution in [1.29, 1.82) is 0 Å². The van der Waals surface area contributed by atoms with Crippen molar-refractivity contribution in [3.05, 3.63) is 53.1 Å². The highest BCUT2D eigenvalue weighted by Crippen LogP contribution is 2.00. The molecular weight excluding hydrogens is 182 g/mol. The maximum atomic E-state index is 10.9. The lowest BCUT2D eigenvalue weighted by Gasteiger charge is -2.00. The third-order valence-corrected chi connectivity index (χ3v) is 1.50. The fraction of sp³-hybridized carbons (Fsp3) is 0.100. The molecule has 0 atom stereocenters. The molecule has 0 aliphatic heterocycles. The molecule has 0 unspecified atom stereocenters. The van der Waals surface area contributed by atoms with E-state index in [-0.39, 0.29) is 6.61 Å². The Morgan fingerprint density at radius 1 is 1.36 bits per heavy atom. The van der Waals surface area contributed by atoms with E-state index in [0.29, 0.717) is 0 Å². The Morgan fingerprint density at radius 2 is 2.07 bits per heavy atom. The van der Waals surface area contributed by atoms with Crippen LogP contribution in [0.4, 0.5) is 0 Å². The number of nitrogens with zero attached hydrogens (tertiary/aromatic N) is 1. The predicted octanol–water partition coefficient (Wildman–Crippen LogP) is 2.01. The van der Waals surface area contributed by atoms with Crippen LogP contribution < -0.4 is 0 Å².